The molecular weight excluding hydrogens is 408 g/mol. The van der Waals surface area contributed by atoms with Gasteiger partial charge in [-0.1, -0.05) is 53.1 Å². The molecule has 0 N–H and O–H groups in total. The van der Waals surface area contributed by atoms with Gasteiger partial charge in [-0.05, 0) is 29.3 Å². The first kappa shape index (κ1) is 19.6. The molecule has 1 heterocycles. The number of nitrogens with zero attached hydrogens (tertiary/aromatic N) is 5. The Morgan fingerprint density at radius 3 is 2.57 bits per heavy atom. The molecule has 0 unspecified atom stereocenters. The lowest BCUT2D eigenvalue weighted by atomic mass is 9.89. The predicted octanol–water partition coefficient (Wildman–Crippen LogP) is 4.78. The van der Waals surface area contributed by atoms with Crippen LogP contribution in [0.15, 0.2) is 64.7 Å². The summed E-state index contributed by atoms with van der Waals surface area (Å²) in [6.07, 6.45) is 1.68. The monoisotopic (exact) mass is 419 g/mol. The van der Waals surface area contributed by atoms with E-state index in [4.69, 9.17) is 17.1 Å². The van der Waals surface area contributed by atoms with Gasteiger partial charge in [0.2, 0.25) is 0 Å². The van der Waals surface area contributed by atoms with E-state index >= 15 is 0 Å². The largest absolute Gasteiger partial charge is 0.269 e. The van der Waals surface area contributed by atoms with Gasteiger partial charge in [-0.3, -0.25) is 4.99 Å². The van der Waals surface area contributed by atoms with E-state index in [1.807, 2.05) is 12.1 Å². The zero-order chi connectivity index (χ0) is 21.3. The molecule has 1 aliphatic rings. The van der Waals surface area contributed by atoms with Crippen molar-refractivity contribution in [3.8, 4) is 17.2 Å². The molecule has 3 aromatic rings. The quantitative estimate of drug-likeness (QED) is 0.340. The topological polar surface area (TPSA) is 84.9 Å². The molecule has 0 saturated heterocycles. The van der Waals surface area contributed by atoms with E-state index in [-0.39, 0.29) is 33.6 Å². The molecule has 0 aliphatic carbocycles. The lowest BCUT2D eigenvalue weighted by Gasteiger charge is -2.22. The van der Waals surface area contributed by atoms with Crippen LogP contribution in [0.25, 0.3) is 27.6 Å². The van der Waals surface area contributed by atoms with Gasteiger partial charge >= 0.3 is 0 Å². The molecule has 4 rings (SSSR count). The van der Waals surface area contributed by atoms with Crippen LogP contribution in [0, 0.1) is 23.0 Å². The van der Waals surface area contributed by atoms with Crippen molar-refractivity contribution in [2.45, 2.75) is 5.54 Å². The second-order valence-electron chi connectivity index (χ2n) is 6.69. The molecule has 0 radical (unpaired) electrons. The molecule has 5 nitrogen and oxygen atoms in total. The average molecular weight is 420 g/mol. The maximum atomic E-state index is 14.8. The highest BCUT2D eigenvalue weighted by molar-refractivity contribution is 6.33. The van der Waals surface area contributed by atoms with Crippen molar-refractivity contribution in [1.29, 1.82) is 5.26 Å². The van der Waals surface area contributed by atoms with Crippen molar-refractivity contribution in [3.05, 3.63) is 103 Å². The Balaban J connectivity index is 2.12. The highest BCUT2D eigenvalue weighted by atomic mass is 35.5. The van der Waals surface area contributed by atoms with Crippen LogP contribution in [0.1, 0.15) is 11.1 Å². The van der Waals surface area contributed by atoms with Crippen LogP contribution in [-0.4, -0.2) is 6.54 Å². The fourth-order valence-corrected chi connectivity index (χ4v) is 3.90. The Labute approximate surface area is 174 Å². The number of azide groups is 1. The van der Waals surface area contributed by atoms with Crippen LogP contribution < -0.4 is 10.6 Å². The van der Waals surface area contributed by atoms with Gasteiger partial charge in [-0.2, -0.15) is 5.26 Å². The Morgan fingerprint density at radius 2 is 1.87 bits per heavy atom. The summed E-state index contributed by atoms with van der Waals surface area (Å²) in [5.41, 5.74) is 8.43. The molecule has 0 saturated carbocycles. The van der Waals surface area contributed by atoms with Gasteiger partial charge in [0.1, 0.15) is 17.2 Å². The summed E-state index contributed by atoms with van der Waals surface area (Å²) >= 11 is 6.26. The predicted molar refractivity (Wildman–Crippen MR) is 109 cm³/mol. The molecule has 1 atom stereocenters. The summed E-state index contributed by atoms with van der Waals surface area (Å²) in [6, 6.07) is 16.1. The second-order valence-corrected chi connectivity index (χ2v) is 7.07. The molecule has 3 aromatic carbocycles. The summed E-state index contributed by atoms with van der Waals surface area (Å²) in [7, 11) is 0. The second kappa shape index (κ2) is 7.60. The first-order valence-electron chi connectivity index (χ1n) is 8.87. The first-order valence-corrected chi connectivity index (χ1v) is 9.24. The molecule has 0 spiro atoms. The normalized spacial score (nSPS) is 16.6. The van der Waals surface area contributed by atoms with Crippen LogP contribution in [0.4, 0.5) is 8.78 Å². The number of benzene rings is 3. The molecule has 1 aliphatic heterocycles. The molecule has 30 heavy (non-hydrogen) atoms. The highest BCUT2D eigenvalue weighted by Crippen LogP contribution is 2.35. The van der Waals surface area contributed by atoms with Crippen molar-refractivity contribution in [2.24, 2.45) is 10.1 Å². The maximum absolute atomic E-state index is 14.8. The van der Waals surface area contributed by atoms with Crippen molar-refractivity contribution in [3.63, 3.8) is 0 Å². The fourth-order valence-electron chi connectivity index (χ4n) is 3.65. The fraction of sp³-hybridized carbons (Fsp3) is 0.0909. The van der Waals surface area contributed by atoms with Gasteiger partial charge in [0.25, 0.3) is 0 Å². The number of fused-ring (bicyclic) bond motifs is 1. The van der Waals surface area contributed by atoms with Crippen molar-refractivity contribution >= 4 is 17.7 Å². The number of halogens is 3. The maximum Gasteiger partial charge on any atom is 0.144 e. The Bertz CT molecular complexity index is 1380. The number of rotatable bonds is 4. The summed E-state index contributed by atoms with van der Waals surface area (Å²) in [4.78, 5) is 7.47. The number of hydrogen-bond acceptors (Lipinski definition) is 3. The summed E-state index contributed by atoms with van der Waals surface area (Å²) < 4.78 is 29.5. The molecule has 8 heteroatoms. The molecule has 0 aromatic heterocycles. The van der Waals surface area contributed by atoms with E-state index in [1.165, 1.54) is 18.2 Å². The van der Waals surface area contributed by atoms with Crippen LogP contribution in [0.5, 0.6) is 0 Å². The molecule has 0 bridgehead atoms. The van der Waals surface area contributed by atoms with Crippen LogP contribution in [0.2, 0.25) is 5.02 Å². The van der Waals surface area contributed by atoms with E-state index in [0.29, 0.717) is 10.8 Å². The van der Waals surface area contributed by atoms with E-state index in [1.54, 1.807) is 30.3 Å². The number of nitriles is 1. The van der Waals surface area contributed by atoms with E-state index in [0.717, 1.165) is 6.07 Å². The van der Waals surface area contributed by atoms with E-state index in [9.17, 15) is 14.0 Å². The number of hydrogen-bond donors (Lipinski definition) is 0. The minimum atomic E-state index is -1.11. The average Bonchev–Trinajstić information content (AvgIpc) is 3.13. The standard InChI is InChI=1S/C22H12ClF2N5/c23-21-17(25)9-18-15(20(21)19-13(11-26)5-4-8-16(19)24)10-22(29-18,12-28-30-27)14-6-2-1-3-7-14/h1-10H,12H2/t22-/m1/s1. The van der Waals surface area contributed by atoms with Gasteiger partial charge in [0.15, 0.2) is 0 Å². The first-order chi connectivity index (χ1) is 14.5. The highest BCUT2D eigenvalue weighted by Gasteiger charge is 2.33. The lowest BCUT2D eigenvalue weighted by Crippen LogP contribution is -2.26. The van der Waals surface area contributed by atoms with Gasteiger partial charge < -0.3 is 0 Å². The van der Waals surface area contributed by atoms with Crippen LogP contribution >= 0.6 is 11.6 Å². The summed E-state index contributed by atoms with van der Waals surface area (Å²) in [5, 5.41) is 13.5. The summed E-state index contributed by atoms with van der Waals surface area (Å²) in [6.45, 7) is -0.0662. The molecule has 0 amide bonds. The molecule has 146 valence electrons. The third-order valence-corrected chi connectivity index (χ3v) is 5.34. The van der Waals surface area contributed by atoms with Crippen molar-refractivity contribution in [1.82, 2.24) is 0 Å². The van der Waals surface area contributed by atoms with Crippen molar-refractivity contribution in [2.75, 3.05) is 6.54 Å². The van der Waals surface area contributed by atoms with Gasteiger partial charge in [-0.15, -0.1) is 0 Å². The smallest absolute Gasteiger partial charge is 0.144 e. The zero-order valence-corrected chi connectivity index (χ0v) is 16.1. The molecule has 0 fully saturated rings. The van der Waals surface area contributed by atoms with E-state index in [2.05, 4.69) is 15.0 Å². The Morgan fingerprint density at radius 1 is 1.10 bits per heavy atom. The lowest BCUT2D eigenvalue weighted by molar-refractivity contribution is 0.601. The van der Waals surface area contributed by atoms with Gasteiger partial charge in [0.05, 0.1) is 28.6 Å². The zero-order valence-electron chi connectivity index (χ0n) is 15.4. The minimum absolute atomic E-state index is 0.0188. The van der Waals surface area contributed by atoms with Crippen molar-refractivity contribution < 1.29 is 8.78 Å². The summed E-state index contributed by atoms with van der Waals surface area (Å²) in [5.74, 6) is -1.49. The SMILES string of the molecule is N#Cc1cccc(F)c1-c1c(Cl)c(F)cc2c1=C[C@@](CN=[N+]=[N-])(c1ccccc1)N=2. The van der Waals surface area contributed by atoms with E-state index < -0.39 is 17.2 Å². The third-order valence-electron chi connectivity index (χ3n) is 4.97. The minimum Gasteiger partial charge on any atom is -0.269 e. The third kappa shape index (κ3) is 3.09. The van der Waals surface area contributed by atoms with Gasteiger partial charge in [-0.25, -0.2) is 8.78 Å². The van der Waals surface area contributed by atoms with Crippen LogP contribution in [-0.2, 0) is 5.54 Å². The molecular formula is C22H12ClF2N5. The van der Waals surface area contributed by atoms with Crippen LogP contribution in [0.3, 0.4) is 0 Å². The Kier molecular flexibility index (Phi) is 4.96. The van der Waals surface area contributed by atoms with Gasteiger partial charge in [0, 0.05) is 27.3 Å². The Hall–Kier alpha value is -3.72.